The second kappa shape index (κ2) is 12.6. The van der Waals surface area contributed by atoms with Crippen LogP contribution in [0, 0.1) is 0 Å². The molecule has 10 nitrogen and oxygen atoms in total. The first kappa shape index (κ1) is 27.1. The van der Waals surface area contributed by atoms with Crippen LogP contribution in [0.3, 0.4) is 0 Å². The van der Waals surface area contributed by atoms with Crippen molar-refractivity contribution in [2.24, 2.45) is 0 Å². The van der Waals surface area contributed by atoms with Crippen molar-refractivity contribution in [1.29, 1.82) is 0 Å². The van der Waals surface area contributed by atoms with E-state index in [1.54, 1.807) is 6.20 Å². The van der Waals surface area contributed by atoms with Crippen LogP contribution in [0.1, 0.15) is 5.56 Å². The second-order valence-corrected chi connectivity index (χ2v) is 10.0. The van der Waals surface area contributed by atoms with Crippen LogP contribution in [0.4, 0.5) is 17.7 Å². The number of aromatic nitrogens is 4. The van der Waals surface area contributed by atoms with Crippen LogP contribution in [-0.4, -0.2) is 69.8 Å². The third kappa shape index (κ3) is 6.45. The predicted molar refractivity (Wildman–Crippen MR) is 163 cm³/mol. The van der Waals surface area contributed by atoms with E-state index in [1.165, 1.54) is 0 Å². The lowest BCUT2D eigenvalue weighted by Gasteiger charge is -2.35. The molecule has 212 valence electrons. The molecule has 3 aromatic carbocycles. The van der Waals surface area contributed by atoms with E-state index >= 15 is 0 Å². The van der Waals surface area contributed by atoms with E-state index in [-0.39, 0.29) is 12.6 Å². The number of piperazine rings is 1. The van der Waals surface area contributed by atoms with Gasteiger partial charge in [-0.15, -0.1) is 0 Å². The average molecular weight is 562 g/mol. The van der Waals surface area contributed by atoms with Crippen LogP contribution in [0.25, 0.3) is 22.2 Å². The van der Waals surface area contributed by atoms with Crippen LogP contribution in [-0.2, 0) is 16.1 Å². The van der Waals surface area contributed by atoms with Crippen molar-refractivity contribution in [2.45, 2.75) is 12.6 Å². The first-order valence-electron chi connectivity index (χ1n) is 13.9. The number of aliphatic carboxylic acids is 1. The molecule has 1 aliphatic rings. The van der Waals surface area contributed by atoms with Gasteiger partial charge in [0, 0.05) is 37.9 Å². The number of nitrogens with zero attached hydrogens (tertiary/aromatic N) is 6. The summed E-state index contributed by atoms with van der Waals surface area (Å²) in [5.74, 6) is 1.03. The van der Waals surface area contributed by atoms with E-state index in [9.17, 15) is 9.90 Å². The van der Waals surface area contributed by atoms with E-state index in [0.717, 1.165) is 40.8 Å². The molecule has 0 bridgehead atoms. The van der Waals surface area contributed by atoms with Crippen molar-refractivity contribution in [1.82, 2.24) is 19.9 Å². The van der Waals surface area contributed by atoms with Crippen LogP contribution < -0.4 is 15.1 Å². The molecule has 2 N–H and O–H groups in total. The number of rotatable bonds is 10. The first-order valence-corrected chi connectivity index (χ1v) is 13.9. The minimum Gasteiger partial charge on any atom is -0.480 e. The summed E-state index contributed by atoms with van der Waals surface area (Å²) < 4.78 is 5.74. The number of ether oxygens (including phenoxy) is 1. The highest BCUT2D eigenvalue weighted by Gasteiger charge is 2.24. The van der Waals surface area contributed by atoms with E-state index in [0.29, 0.717) is 31.5 Å². The fourth-order valence-corrected chi connectivity index (χ4v) is 4.90. The first-order chi connectivity index (χ1) is 20.6. The summed E-state index contributed by atoms with van der Waals surface area (Å²) in [6.07, 6.45) is 1.80. The molecule has 1 saturated heterocycles. The highest BCUT2D eigenvalue weighted by atomic mass is 16.5. The van der Waals surface area contributed by atoms with Gasteiger partial charge in [0.25, 0.3) is 0 Å². The van der Waals surface area contributed by atoms with Crippen LogP contribution in [0.5, 0.6) is 0 Å². The van der Waals surface area contributed by atoms with Crippen molar-refractivity contribution in [3.8, 4) is 11.4 Å². The highest BCUT2D eigenvalue weighted by molar-refractivity contribution is 5.86. The number of hydrogen-bond donors (Lipinski definition) is 2. The Bertz CT molecular complexity index is 1640. The minimum atomic E-state index is -1.05. The molecule has 5 aromatic rings. The van der Waals surface area contributed by atoms with Crippen LogP contribution in [0.2, 0.25) is 0 Å². The number of carboxylic acids is 1. The quantitative estimate of drug-likeness (QED) is 0.253. The zero-order valence-corrected chi connectivity index (χ0v) is 23.0. The summed E-state index contributed by atoms with van der Waals surface area (Å²) in [5.41, 5.74) is 1.78. The number of carbonyl (C=O) groups is 1. The number of carboxylic acid groups (broad SMARTS) is 1. The Kier molecular flexibility index (Phi) is 8.14. The van der Waals surface area contributed by atoms with Crippen molar-refractivity contribution >= 4 is 34.5 Å². The molecule has 0 saturated carbocycles. The van der Waals surface area contributed by atoms with Gasteiger partial charge in [0.05, 0.1) is 13.2 Å². The van der Waals surface area contributed by atoms with Crippen molar-refractivity contribution in [2.75, 3.05) is 47.9 Å². The Hall–Kier alpha value is -5.09. The number of fused-ring (bicyclic) bond motifs is 1. The summed E-state index contributed by atoms with van der Waals surface area (Å²) in [6, 6.07) is 28.6. The Balaban J connectivity index is 1.26. The Morgan fingerprint density at radius 3 is 2.33 bits per heavy atom. The van der Waals surface area contributed by atoms with Crippen molar-refractivity contribution in [3.63, 3.8) is 0 Å². The molecular formula is C32H31N7O3. The van der Waals surface area contributed by atoms with Gasteiger partial charge in [0.1, 0.15) is 5.82 Å². The molecule has 6 rings (SSSR count). The normalized spacial score (nSPS) is 14.1. The van der Waals surface area contributed by atoms with Crippen molar-refractivity contribution < 1.29 is 14.6 Å². The summed E-state index contributed by atoms with van der Waals surface area (Å²) in [4.78, 5) is 35.1. The largest absolute Gasteiger partial charge is 0.480 e. The molecule has 42 heavy (non-hydrogen) atoms. The summed E-state index contributed by atoms with van der Waals surface area (Å²) in [6.45, 7) is 3.11. The fraction of sp³-hybridized carbons (Fsp3) is 0.219. The van der Waals surface area contributed by atoms with Gasteiger partial charge in [0.15, 0.2) is 11.9 Å². The van der Waals surface area contributed by atoms with Gasteiger partial charge in [0.2, 0.25) is 11.9 Å². The molecule has 0 spiro atoms. The number of benzene rings is 3. The predicted octanol–water partition coefficient (Wildman–Crippen LogP) is 4.50. The maximum Gasteiger partial charge on any atom is 0.328 e. The maximum atomic E-state index is 12.2. The van der Waals surface area contributed by atoms with Gasteiger partial charge >= 0.3 is 5.97 Å². The third-order valence-corrected chi connectivity index (χ3v) is 7.16. The van der Waals surface area contributed by atoms with Crippen molar-refractivity contribution in [3.05, 3.63) is 103 Å². The maximum absolute atomic E-state index is 12.2. The van der Waals surface area contributed by atoms with Crippen LogP contribution >= 0.6 is 0 Å². The van der Waals surface area contributed by atoms with Gasteiger partial charge in [-0.25, -0.2) is 9.78 Å². The van der Waals surface area contributed by atoms with Gasteiger partial charge in [-0.1, -0.05) is 72.8 Å². The lowest BCUT2D eigenvalue weighted by atomic mass is 10.1. The molecular weight excluding hydrogens is 530 g/mol. The van der Waals surface area contributed by atoms with E-state index in [1.807, 2.05) is 84.9 Å². The Morgan fingerprint density at radius 2 is 1.57 bits per heavy atom. The van der Waals surface area contributed by atoms with Gasteiger partial charge in [-0.05, 0) is 34.5 Å². The fourth-order valence-electron chi connectivity index (χ4n) is 4.90. The highest BCUT2D eigenvalue weighted by Crippen LogP contribution is 2.25. The lowest BCUT2D eigenvalue weighted by molar-refractivity contribution is -0.139. The Labute approximate surface area is 243 Å². The molecule has 1 unspecified atom stereocenters. The third-order valence-electron chi connectivity index (χ3n) is 7.16. The minimum absolute atomic E-state index is 0.0562. The molecule has 1 atom stereocenters. The van der Waals surface area contributed by atoms with Gasteiger partial charge in [-0.2, -0.15) is 15.0 Å². The summed E-state index contributed by atoms with van der Waals surface area (Å²) in [7, 11) is 0. The molecule has 3 heterocycles. The average Bonchev–Trinajstić information content (AvgIpc) is 3.05. The smallest absolute Gasteiger partial charge is 0.328 e. The number of pyridine rings is 1. The Morgan fingerprint density at radius 1 is 0.833 bits per heavy atom. The van der Waals surface area contributed by atoms with E-state index in [2.05, 4.69) is 36.1 Å². The molecule has 10 heteroatoms. The lowest BCUT2D eigenvalue weighted by Crippen LogP contribution is -2.47. The summed E-state index contributed by atoms with van der Waals surface area (Å²) in [5, 5.41) is 15.1. The topological polar surface area (TPSA) is 117 Å². The molecule has 1 fully saturated rings. The molecule has 0 amide bonds. The monoisotopic (exact) mass is 561 g/mol. The summed E-state index contributed by atoms with van der Waals surface area (Å²) >= 11 is 0. The van der Waals surface area contributed by atoms with E-state index in [4.69, 9.17) is 9.72 Å². The molecule has 2 aromatic heterocycles. The van der Waals surface area contributed by atoms with Gasteiger partial charge < -0.3 is 25.0 Å². The molecule has 0 radical (unpaired) electrons. The second-order valence-electron chi connectivity index (χ2n) is 10.0. The zero-order valence-electron chi connectivity index (χ0n) is 23.0. The number of hydrogen-bond acceptors (Lipinski definition) is 9. The van der Waals surface area contributed by atoms with E-state index < -0.39 is 12.0 Å². The standard InChI is InChI=1S/C32H31N7O3/c40-30(41)27(22-42-21-23-8-2-1-3-9-23)34-31-35-29(26-14-13-24-10-4-5-11-25(24)20-26)36-32(37-31)39-18-16-38(17-19-39)28-12-6-7-15-33-28/h1-15,20,27H,16-19,21-22H2,(H,40,41)(H,34,35,36,37). The molecule has 0 aliphatic carbocycles. The van der Waals surface area contributed by atoms with Gasteiger partial charge in [-0.3, -0.25) is 0 Å². The molecule has 1 aliphatic heterocycles. The SMILES string of the molecule is O=C(O)C(COCc1ccccc1)Nc1nc(-c2ccc3ccccc3c2)nc(N2CCN(c3ccccn3)CC2)n1. The van der Waals surface area contributed by atoms with Crippen LogP contribution in [0.15, 0.2) is 97.2 Å². The zero-order chi connectivity index (χ0) is 28.7. The number of anilines is 3. The number of nitrogens with one attached hydrogen (secondary N) is 1.